The summed E-state index contributed by atoms with van der Waals surface area (Å²) in [6.45, 7) is 6.31. The zero-order valence-electron chi connectivity index (χ0n) is 7.75. The van der Waals surface area contributed by atoms with Crippen LogP contribution in [0.15, 0.2) is 0 Å². The van der Waals surface area contributed by atoms with E-state index in [1.807, 2.05) is 0 Å². The van der Waals surface area contributed by atoms with E-state index in [1.54, 1.807) is 0 Å². The SMILES string of the molecule is CCCC(O)CC(C)C(C)S. The van der Waals surface area contributed by atoms with Gasteiger partial charge in [-0.1, -0.05) is 27.2 Å². The maximum Gasteiger partial charge on any atom is 0.0543 e. The summed E-state index contributed by atoms with van der Waals surface area (Å²) < 4.78 is 0. The van der Waals surface area contributed by atoms with Crippen molar-refractivity contribution in [2.75, 3.05) is 0 Å². The van der Waals surface area contributed by atoms with Gasteiger partial charge in [-0.3, -0.25) is 0 Å². The van der Waals surface area contributed by atoms with Gasteiger partial charge in [-0.05, 0) is 18.8 Å². The molecule has 0 aliphatic carbocycles. The van der Waals surface area contributed by atoms with Gasteiger partial charge in [-0.25, -0.2) is 0 Å². The summed E-state index contributed by atoms with van der Waals surface area (Å²) >= 11 is 4.32. The molecule has 0 heterocycles. The molecule has 11 heavy (non-hydrogen) atoms. The van der Waals surface area contributed by atoms with Crippen LogP contribution in [-0.4, -0.2) is 16.5 Å². The normalized spacial score (nSPS) is 19.4. The third-order valence-electron chi connectivity index (χ3n) is 2.09. The van der Waals surface area contributed by atoms with Gasteiger partial charge in [0.05, 0.1) is 6.10 Å². The van der Waals surface area contributed by atoms with E-state index in [4.69, 9.17) is 0 Å². The minimum Gasteiger partial charge on any atom is -0.393 e. The third kappa shape index (κ3) is 5.57. The predicted octanol–water partition coefficient (Wildman–Crippen LogP) is 2.49. The number of hydrogen-bond acceptors (Lipinski definition) is 2. The maximum atomic E-state index is 9.43. The predicted molar refractivity (Wildman–Crippen MR) is 53.1 cm³/mol. The first-order chi connectivity index (χ1) is 5.07. The quantitative estimate of drug-likeness (QED) is 0.617. The van der Waals surface area contributed by atoms with Crippen LogP contribution in [0.4, 0.5) is 0 Å². The number of aliphatic hydroxyl groups is 1. The zero-order chi connectivity index (χ0) is 8.85. The molecule has 0 aromatic carbocycles. The molecule has 68 valence electrons. The topological polar surface area (TPSA) is 20.2 Å². The monoisotopic (exact) mass is 176 g/mol. The van der Waals surface area contributed by atoms with Gasteiger partial charge in [0, 0.05) is 5.25 Å². The fourth-order valence-electron chi connectivity index (χ4n) is 1.08. The summed E-state index contributed by atoms with van der Waals surface area (Å²) in [4.78, 5) is 0. The van der Waals surface area contributed by atoms with Crippen molar-refractivity contribution in [3.63, 3.8) is 0 Å². The molecule has 0 aromatic heterocycles. The van der Waals surface area contributed by atoms with E-state index >= 15 is 0 Å². The molecule has 0 rings (SSSR count). The lowest BCUT2D eigenvalue weighted by Gasteiger charge is -2.18. The smallest absolute Gasteiger partial charge is 0.0543 e. The average molecular weight is 176 g/mol. The molecule has 0 saturated carbocycles. The Bertz CT molecular complexity index is 93.6. The molecule has 1 nitrogen and oxygen atoms in total. The zero-order valence-corrected chi connectivity index (χ0v) is 8.64. The second kappa shape index (κ2) is 5.90. The van der Waals surface area contributed by atoms with Gasteiger partial charge >= 0.3 is 0 Å². The van der Waals surface area contributed by atoms with Gasteiger partial charge in [-0.15, -0.1) is 0 Å². The van der Waals surface area contributed by atoms with Crippen molar-refractivity contribution >= 4 is 12.6 Å². The van der Waals surface area contributed by atoms with Crippen LogP contribution in [0.3, 0.4) is 0 Å². The maximum absolute atomic E-state index is 9.43. The summed E-state index contributed by atoms with van der Waals surface area (Å²) in [5.74, 6) is 0.514. The molecule has 0 saturated heterocycles. The van der Waals surface area contributed by atoms with Crippen molar-refractivity contribution in [1.82, 2.24) is 0 Å². The highest BCUT2D eigenvalue weighted by Crippen LogP contribution is 2.17. The molecule has 0 amide bonds. The van der Waals surface area contributed by atoms with Crippen molar-refractivity contribution < 1.29 is 5.11 Å². The Labute approximate surface area is 75.6 Å². The molecule has 2 heteroatoms. The van der Waals surface area contributed by atoms with Crippen LogP contribution in [0.5, 0.6) is 0 Å². The lowest BCUT2D eigenvalue weighted by molar-refractivity contribution is 0.135. The summed E-state index contributed by atoms with van der Waals surface area (Å²) in [6, 6.07) is 0. The molecular weight excluding hydrogens is 156 g/mol. The van der Waals surface area contributed by atoms with Crippen LogP contribution in [0.1, 0.15) is 40.0 Å². The van der Waals surface area contributed by atoms with E-state index in [0.717, 1.165) is 19.3 Å². The minimum absolute atomic E-state index is 0.121. The first-order valence-electron chi connectivity index (χ1n) is 4.44. The molecule has 0 aliphatic rings. The van der Waals surface area contributed by atoms with Crippen molar-refractivity contribution in [3.05, 3.63) is 0 Å². The Hall–Kier alpha value is 0.310. The van der Waals surface area contributed by atoms with Gasteiger partial charge in [0.2, 0.25) is 0 Å². The molecule has 0 spiro atoms. The Morgan fingerprint density at radius 3 is 2.27 bits per heavy atom. The Kier molecular flexibility index (Phi) is 6.06. The second-order valence-electron chi connectivity index (χ2n) is 3.40. The fourth-order valence-corrected chi connectivity index (χ4v) is 1.20. The molecule has 0 aliphatic heterocycles. The van der Waals surface area contributed by atoms with Gasteiger partial charge in [-0.2, -0.15) is 12.6 Å². The van der Waals surface area contributed by atoms with Gasteiger partial charge in [0.1, 0.15) is 0 Å². The van der Waals surface area contributed by atoms with Crippen LogP contribution >= 0.6 is 12.6 Å². The highest BCUT2D eigenvalue weighted by Gasteiger charge is 2.12. The second-order valence-corrected chi connectivity index (χ2v) is 4.21. The van der Waals surface area contributed by atoms with Crippen LogP contribution < -0.4 is 0 Å². The van der Waals surface area contributed by atoms with Crippen molar-refractivity contribution in [1.29, 1.82) is 0 Å². The van der Waals surface area contributed by atoms with Crippen LogP contribution in [-0.2, 0) is 0 Å². The number of aliphatic hydroxyl groups excluding tert-OH is 1. The lowest BCUT2D eigenvalue weighted by atomic mass is 9.98. The Morgan fingerprint density at radius 2 is 1.91 bits per heavy atom. The molecule has 1 N–H and O–H groups in total. The third-order valence-corrected chi connectivity index (χ3v) is 2.60. The fraction of sp³-hybridized carbons (Fsp3) is 1.00. The van der Waals surface area contributed by atoms with Gasteiger partial charge < -0.3 is 5.11 Å². The first-order valence-corrected chi connectivity index (χ1v) is 4.95. The summed E-state index contributed by atoms with van der Waals surface area (Å²) in [5, 5.41) is 9.82. The molecule has 3 unspecified atom stereocenters. The van der Waals surface area contributed by atoms with Crippen LogP contribution in [0.2, 0.25) is 0 Å². The van der Waals surface area contributed by atoms with Crippen molar-refractivity contribution in [3.8, 4) is 0 Å². The van der Waals surface area contributed by atoms with Crippen LogP contribution in [0.25, 0.3) is 0 Å². The minimum atomic E-state index is -0.121. The van der Waals surface area contributed by atoms with Crippen molar-refractivity contribution in [2.24, 2.45) is 5.92 Å². The Balaban J connectivity index is 3.48. The van der Waals surface area contributed by atoms with Gasteiger partial charge in [0.15, 0.2) is 0 Å². The molecule has 0 aromatic rings. The summed E-state index contributed by atoms with van der Waals surface area (Å²) in [6.07, 6.45) is 2.75. The molecule has 0 bridgehead atoms. The largest absolute Gasteiger partial charge is 0.393 e. The van der Waals surface area contributed by atoms with E-state index in [-0.39, 0.29) is 6.10 Å². The highest BCUT2D eigenvalue weighted by atomic mass is 32.1. The van der Waals surface area contributed by atoms with E-state index in [1.165, 1.54) is 0 Å². The number of hydrogen-bond donors (Lipinski definition) is 2. The van der Waals surface area contributed by atoms with E-state index in [2.05, 4.69) is 33.4 Å². The van der Waals surface area contributed by atoms with E-state index in [9.17, 15) is 5.11 Å². The van der Waals surface area contributed by atoms with Crippen molar-refractivity contribution in [2.45, 2.75) is 51.4 Å². The van der Waals surface area contributed by atoms with E-state index in [0.29, 0.717) is 11.2 Å². The molecule has 3 atom stereocenters. The number of thiol groups is 1. The van der Waals surface area contributed by atoms with E-state index < -0.39 is 0 Å². The van der Waals surface area contributed by atoms with Crippen LogP contribution in [0, 0.1) is 5.92 Å². The standard InChI is InChI=1S/C9H20OS/c1-4-5-9(10)6-7(2)8(3)11/h7-11H,4-6H2,1-3H3. The molecular formula is C9H20OS. The molecule has 0 fully saturated rings. The summed E-state index contributed by atoms with van der Waals surface area (Å²) in [5.41, 5.74) is 0. The van der Waals surface area contributed by atoms with Gasteiger partial charge in [0.25, 0.3) is 0 Å². The summed E-state index contributed by atoms with van der Waals surface area (Å²) in [7, 11) is 0. The number of rotatable bonds is 5. The lowest BCUT2D eigenvalue weighted by Crippen LogP contribution is -2.16. The Morgan fingerprint density at radius 1 is 1.36 bits per heavy atom. The first kappa shape index (κ1) is 11.3. The highest BCUT2D eigenvalue weighted by molar-refractivity contribution is 7.80. The average Bonchev–Trinajstić information content (AvgIpc) is 1.87. The molecule has 0 radical (unpaired) electrons.